The van der Waals surface area contributed by atoms with E-state index in [4.69, 9.17) is 10.00 Å². The fourth-order valence-electron chi connectivity index (χ4n) is 2.19. The van der Waals surface area contributed by atoms with Crippen molar-refractivity contribution in [3.8, 4) is 6.07 Å². The number of ether oxygens (including phenoxy) is 1. The van der Waals surface area contributed by atoms with E-state index in [1.165, 1.54) is 0 Å². The van der Waals surface area contributed by atoms with Crippen molar-refractivity contribution >= 4 is 11.6 Å². The summed E-state index contributed by atoms with van der Waals surface area (Å²) in [5.74, 6) is 2.06. The van der Waals surface area contributed by atoms with Crippen molar-refractivity contribution in [3.05, 3.63) is 11.9 Å². The molecule has 0 aliphatic heterocycles. The molecule has 6 heteroatoms. The van der Waals surface area contributed by atoms with Crippen LogP contribution in [0.3, 0.4) is 0 Å². The molecule has 0 aliphatic rings. The predicted molar refractivity (Wildman–Crippen MR) is 84.6 cm³/mol. The van der Waals surface area contributed by atoms with Gasteiger partial charge in [0.15, 0.2) is 0 Å². The van der Waals surface area contributed by atoms with Gasteiger partial charge in [0.25, 0.3) is 0 Å². The number of nitriles is 1. The third-order valence-electron chi connectivity index (χ3n) is 3.14. The average molecular weight is 291 g/mol. The number of rotatable bonds is 9. The number of methoxy groups -OCH3 is 1. The van der Waals surface area contributed by atoms with E-state index in [9.17, 15) is 0 Å². The minimum Gasteiger partial charge on any atom is -0.383 e. The minimum absolute atomic E-state index is 0.294. The smallest absolute Gasteiger partial charge is 0.137 e. The summed E-state index contributed by atoms with van der Waals surface area (Å²) in [7, 11) is 1.68. The van der Waals surface area contributed by atoms with E-state index in [-0.39, 0.29) is 0 Å². The maximum absolute atomic E-state index is 8.85. The Bertz CT molecular complexity index is 470. The van der Waals surface area contributed by atoms with Crippen LogP contribution in [0.2, 0.25) is 0 Å². The lowest BCUT2D eigenvalue weighted by molar-refractivity contribution is 0.205. The second-order valence-electron chi connectivity index (χ2n) is 5.03. The standard InChI is InChI=1S/C15H25N5O/c1-5-17-14-13(12(2)3)15(19-11-18-14)20(8-6-7-16)9-10-21-4/h11-12H,5-6,8-10H2,1-4H3,(H,17,18,19). The van der Waals surface area contributed by atoms with E-state index < -0.39 is 0 Å². The van der Waals surface area contributed by atoms with Crippen LogP contribution in [0, 0.1) is 11.3 Å². The number of aromatic nitrogens is 2. The molecular formula is C15H25N5O. The van der Waals surface area contributed by atoms with Crippen LogP contribution in [0.25, 0.3) is 0 Å². The first-order valence-electron chi connectivity index (χ1n) is 7.35. The summed E-state index contributed by atoms with van der Waals surface area (Å²) in [6.45, 7) is 9.06. The largest absolute Gasteiger partial charge is 0.383 e. The Kier molecular flexibility index (Phi) is 7.48. The third kappa shape index (κ3) is 4.87. The fraction of sp³-hybridized carbons (Fsp3) is 0.667. The number of hydrogen-bond acceptors (Lipinski definition) is 6. The number of hydrogen-bond donors (Lipinski definition) is 1. The summed E-state index contributed by atoms with van der Waals surface area (Å²) in [6.07, 6.45) is 2.03. The van der Waals surface area contributed by atoms with Crippen molar-refractivity contribution in [2.45, 2.75) is 33.1 Å². The molecular weight excluding hydrogens is 266 g/mol. The zero-order chi connectivity index (χ0) is 15.7. The van der Waals surface area contributed by atoms with E-state index in [0.29, 0.717) is 32.0 Å². The Morgan fingerprint density at radius 2 is 2.14 bits per heavy atom. The molecule has 0 aliphatic carbocycles. The van der Waals surface area contributed by atoms with Crippen LogP contribution < -0.4 is 10.2 Å². The number of anilines is 2. The number of nitrogens with one attached hydrogen (secondary N) is 1. The van der Waals surface area contributed by atoms with Crippen molar-refractivity contribution in [2.24, 2.45) is 0 Å². The molecule has 0 bridgehead atoms. The van der Waals surface area contributed by atoms with Crippen molar-refractivity contribution in [1.29, 1.82) is 5.26 Å². The van der Waals surface area contributed by atoms with Gasteiger partial charge >= 0.3 is 0 Å². The van der Waals surface area contributed by atoms with Gasteiger partial charge in [-0.1, -0.05) is 13.8 Å². The second kappa shape index (κ2) is 9.14. The van der Waals surface area contributed by atoms with Crippen molar-refractivity contribution in [1.82, 2.24) is 9.97 Å². The van der Waals surface area contributed by atoms with E-state index in [1.54, 1.807) is 13.4 Å². The molecule has 0 unspecified atom stereocenters. The van der Waals surface area contributed by atoms with Crippen molar-refractivity contribution < 1.29 is 4.74 Å². The van der Waals surface area contributed by atoms with Gasteiger partial charge in [-0.3, -0.25) is 0 Å². The first-order chi connectivity index (χ1) is 10.2. The van der Waals surface area contributed by atoms with Gasteiger partial charge in [0.1, 0.15) is 18.0 Å². The Balaban J connectivity index is 3.15. The molecule has 0 amide bonds. The summed E-state index contributed by atoms with van der Waals surface area (Å²) >= 11 is 0. The van der Waals surface area contributed by atoms with Gasteiger partial charge < -0.3 is 15.0 Å². The molecule has 0 fully saturated rings. The third-order valence-corrected chi connectivity index (χ3v) is 3.14. The summed E-state index contributed by atoms with van der Waals surface area (Å²) in [5, 5.41) is 12.1. The molecule has 0 aromatic carbocycles. The highest BCUT2D eigenvalue weighted by Gasteiger charge is 2.19. The minimum atomic E-state index is 0.294. The first kappa shape index (κ1) is 17.2. The van der Waals surface area contributed by atoms with Crippen LogP contribution >= 0.6 is 0 Å². The maximum atomic E-state index is 8.85. The summed E-state index contributed by atoms with van der Waals surface area (Å²) in [6, 6.07) is 2.19. The maximum Gasteiger partial charge on any atom is 0.137 e. The summed E-state index contributed by atoms with van der Waals surface area (Å²) in [4.78, 5) is 10.9. The van der Waals surface area contributed by atoms with Crippen LogP contribution in [0.15, 0.2) is 6.33 Å². The van der Waals surface area contributed by atoms with E-state index >= 15 is 0 Å². The topological polar surface area (TPSA) is 74.1 Å². The molecule has 0 spiro atoms. The monoisotopic (exact) mass is 291 g/mol. The molecule has 1 aromatic rings. The molecule has 1 N–H and O–H groups in total. The number of nitrogens with zero attached hydrogens (tertiary/aromatic N) is 4. The first-order valence-corrected chi connectivity index (χ1v) is 7.35. The van der Waals surface area contributed by atoms with Gasteiger partial charge in [-0.2, -0.15) is 5.26 Å². The van der Waals surface area contributed by atoms with Gasteiger partial charge in [-0.05, 0) is 12.8 Å². The lowest BCUT2D eigenvalue weighted by Crippen LogP contribution is -2.30. The molecule has 6 nitrogen and oxygen atoms in total. The van der Waals surface area contributed by atoms with Gasteiger partial charge in [-0.25, -0.2) is 9.97 Å². The Morgan fingerprint density at radius 3 is 2.71 bits per heavy atom. The Morgan fingerprint density at radius 1 is 1.38 bits per heavy atom. The quantitative estimate of drug-likeness (QED) is 0.753. The van der Waals surface area contributed by atoms with E-state index in [2.05, 4.69) is 40.1 Å². The molecule has 0 saturated heterocycles. The summed E-state index contributed by atoms with van der Waals surface area (Å²) < 4.78 is 5.17. The van der Waals surface area contributed by atoms with Gasteiger partial charge in [0, 0.05) is 32.3 Å². The fourth-order valence-corrected chi connectivity index (χ4v) is 2.19. The lowest BCUT2D eigenvalue weighted by Gasteiger charge is -2.27. The van der Waals surface area contributed by atoms with Crippen LogP contribution in [-0.4, -0.2) is 43.3 Å². The van der Waals surface area contributed by atoms with Gasteiger partial charge in [0.05, 0.1) is 19.1 Å². The molecule has 1 rings (SSSR count). The normalized spacial score (nSPS) is 10.5. The SMILES string of the molecule is CCNc1ncnc(N(CCC#N)CCOC)c1C(C)C. The Hall–Kier alpha value is -1.87. The zero-order valence-corrected chi connectivity index (χ0v) is 13.4. The van der Waals surface area contributed by atoms with E-state index in [1.807, 2.05) is 6.92 Å². The second-order valence-corrected chi connectivity index (χ2v) is 5.03. The molecule has 116 valence electrons. The van der Waals surface area contributed by atoms with Crippen LogP contribution in [0.5, 0.6) is 0 Å². The van der Waals surface area contributed by atoms with Crippen LogP contribution in [0.1, 0.15) is 38.7 Å². The molecule has 0 saturated carbocycles. The van der Waals surface area contributed by atoms with Crippen molar-refractivity contribution in [3.63, 3.8) is 0 Å². The van der Waals surface area contributed by atoms with Crippen LogP contribution in [-0.2, 0) is 4.74 Å². The highest BCUT2D eigenvalue weighted by atomic mass is 16.5. The average Bonchev–Trinajstić information content (AvgIpc) is 2.47. The predicted octanol–water partition coefficient (Wildman–Crippen LogP) is 2.40. The molecule has 21 heavy (non-hydrogen) atoms. The van der Waals surface area contributed by atoms with Crippen molar-refractivity contribution in [2.75, 3.05) is 43.6 Å². The van der Waals surface area contributed by atoms with Gasteiger partial charge in [-0.15, -0.1) is 0 Å². The van der Waals surface area contributed by atoms with Gasteiger partial charge in [0.2, 0.25) is 0 Å². The molecule has 1 aromatic heterocycles. The molecule has 0 atom stereocenters. The zero-order valence-electron chi connectivity index (χ0n) is 13.4. The molecule has 0 radical (unpaired) electrons. The summed E-state index contributed by atoms with van der Waals surface area (Å²) in [5.41, 5.74) is 1.09. The molecule has 1 heterocycles. The highest BCUT2D eigenvalue weighted by molar-refractivity contribution is 5.60. The lowest BCUT2D eigenvalue weighted by atomic mass is 10.0. The van der Waals surface area contributed by atoms with E-state index in [0.717, 1.165) is 23.7 Å². The Labute approximate surface area is 127 Å². The highest BCUT2D eigenvalue weighted by Crippen LogP contribution is 2.30. The van der Waals surface area contributed by atoms with Crippen LogP contribution in [0.4, 0.5) is 11.6 Å².